The highest BCUT2D eigenvalue weighted by molar-refractivity contribution is 7.21. The molecule has 3 rings (SSSR count). The van der Waals surface area contributed by atoms with Crippen LogP contribution in [0.3, 0.4) is 0 Å². The molecule has 0 aliphatic carbocycles. The second kappa shape index (κ2) is 8.37. The van der Waals surface area contributed by atoms with Gasteiger partial charge in [0.1, 0.15) is 10.7 Å². The number of carbonyl (C=O) groups is 2. The van der Waals surface area contributed by atoms with Crippen molar-refractivity contribution in [2.45, 2.75) is 6.61 Å². The van der Waals surface area contributed by atoms with Gasteiger partial charge in [0.2, 0.25) is 0 Å². The van der Waals surface area contributed by atoms with E-state index in [1.54, 1.807) is 12.1 Å². The van der Waals surface area contributed by atoms with Crippen molar-refractivity contribution in [3.63, 3.8) is 0 Å². The summed E-state index contributed by atoms with van der Waals surface area (Å²) in [6.07, 6.45) is 0. The number of carbonyl (C=O) groups excluding carboxylic acids is 2. The van der Waals surface area contributed by atoms with Crippen LogP contribution in [0.1, 0.15) is 25.6 Å². The molecule has 0 aliphatic rings. The van der Waals surface area contributed by atoms with Gasteiger partial charge in [0, 0.05) is 22.8 Å². The van der Waals surface area contributed by atoms with Crippen LogP contribution in [0, 0.1) is 5.82 Å². The molecule has 0 spiro atoms. The summed E-state index contributed by atoms with van der Waals surface area (Å²) < 4.78 is 35.4. The van der Waals surface area contributed by atoms with Crippen molar-refractivity contribution in [1.29, 1.82) is 0 Å². The van der Waals surface area contributed by atoms with E-state index in [0.29, 0.717) is 15.6 Å². The van der Waals surface area contributed by atoms with Crippen molar-refractivity contribution in [3.8, 4) is 11.5 Å². The fourth-order valence-corrected chi connectivity index (χ4v) is 3.86. The Morgan fingerprint density at radius 2 is 1.82 bits per heavy atom. The van der Waals surface area contributed by atoms with Crippen LogP contribution in [-0.2, 0) is 16.1 Å². The molecule has 0 atom stereocenters. The minimum Gasteiger partial charge on any atom is -0.493 e. The van der Waals surface area contributed by atoms with Gasteiger partial charge in [-0.1, -0.05) is 6.07 Å². The van der Waals surface area contributed by atoms with Gasteiger partial charge in [0.05, 0.1) is 26.4 Å². The molecule has 1 heterocycles. The minimum atomic E-state index is -0.670. The molecule has 0 amide bonds. The van der Waals surface area contributed by atoms with Gasteiger partial charge >= 0.3 is 11.9 Å². The maximum absolute atomic E-state index is 14.3. The first-order chi connectivity index (χ1) is 13.5. The lowest BCUT2D eigenvalue weighted by Gasteiger charge is -2.10. The summed E-state index contributed by atoms with van der Waals surface area (Å²) in [5, 5.41) is 0.342. The first-order valence-corrected chi connectivity index (χ1v) is 8.99. The van der Waals surface area contributed by atoms with Crippen molar-refractivity contribution in [3.05, 3.63) is 58.2 Å². The molecule has 0 unspecified atom stereocenters. The lowest BCUT2D eigenvalue weighted by atomic mass is 10.1. The molecule has 0 saturated heterocycles. The van der Waals surface area contributed by atoms with Crippen LogP contribution in [0.15, 0.2) is 36.4 Å². The molecule has 8 heteroatoms. The second-order valence-electron chi connectivity index (χ2n) is 5.70. The van der Waals surface area contributed by atoms with E-state index < -0.39 is 17.8 Å². The largest absolute Gasteiger partial charge is 0.493 e. The standard InChI is InChI=1S/C20H17FO6S/c1-24-10-12-17-13(21)5-4-6-16(17)28-18(12)20(23)27-14-8-7-11(19(22)26-3)9-15(14)25-2/h4-9H,10H2,1-3H3. The number of thiophene rings is 1. The Labute approximate surface area is 164 Å². The molecule has 0 N–H and O–H groups in total. The van der Waals surface area contributed by atoms with Gasteiger partial charge in [0.15, 0.2) is 11.5 Å². The van der Waals surface area contributed by atoms with E-state index in [2.05, 4.69) is 4.74 Å². The van der Waals surface area contributed by atoms with Gasteiger partial charge < -0.3 is 18.9 Å². The molecule has 6 nitrogen and oxygen atoms in total. The number of esters is 2. The van der Waals surface area contributed by atoms with E-state index in [1.807, 2.05) is 0 Å². The minimum absolute atomic E-state index is 0.0593. The summed E-state index contributed by atoms with van der Waals surface area (Å²) in [6.45, 7) is 0.0593. The van der Waals surface area contributed by atoms with Gasteiger partial charge in [-0.25, -0.2) is 14.0 Å². The average molecular weight is 404 g/mol. The van der Waals surface area contributed by atoms with Crippen LogP contribution in [-0.4, -0.2) is 33.3 Å². The quantitative estimate of drug-likeness (QED) is 0.453. The predicted octanol–water partition coefficient (Wildman–Crippen LogP) is 4.20. The molecule has 0 radical (unpaired) electrons. The van der Waals surface area contributed by atoms with Crippen LogP contribution >= 0.6 is 11.3 Å². The number of hydrogen-bond acceptors (Lipinski definition) is 7. The number of fused-ring (bicyclic) bond motifs is 1. The molecule has 2 aromatic carbocycles. The average Bonchev–Trinajstić information content (AvgIpc) is 3.08. The van der Waals surface area contributed by atoms with Gasteiger partial charge in [0.25, 0.3) is 0 Å². The predicted molar refractivity (Wildman–Crippen MR) is 102 cm³/mol. The first kappa shape index (κ1) is 19.8. The number of hydrogen-bond donors (Lipinski definition) is 0. The zero-order valence-electron chi connectivity index (χ0n) is 15.4. The van der Waals surface area contributed by atoms with Crippen LogP contribution in [0.2, 0.25) is 0 Å². The topological polar surface area (TPSA) is 71.1 Å². The summed E-state index contributed by atoms with van der Waals surface area (Å²) in [6, 6.07) is 8.94. The Bertz CT molecular complexity index is 1040. The van der Waals surface area contributed by atoms with E-state index >= 15 is 0 Å². The summed E-state index contributed by atoms with van der Waals surface area (Å²) >= 11 is 1.12. The van der Waals surface area contributed by atoms with Gasteiger partial charge in [-0.05, 0) is 30.3 Å². The first-order valence-electron chi connectivity index (χ1n) is 8.17. The molecular formula is C20H17FO6S. The Kier molecular flexibility index (Phi) is 5.91. The van der Waals surface area contributed by atoms with E-state index in [9.17, 15) is 14.0 Å². The monoisotopic (exact) mass is 404 g/mol. The van der Waals surface area contributed by atoms with Gasteiger partial charge in [-0.3, -0.25) is 0 Å². The molecule has 28 heavy (non-hydrogen) atoms. The molecule has 0 fully saturated rings. The molecule has 0 saturated carbocycles. The third-order valence-corrected chi connectivity index (χ3v) is 5.20. The SMILES string of the molecule is COCc1c(C(=O)Oc2ccc(C(=O)OC)cc2OC)sc2cccc(F)c12. The Balaban J connectivity index is 1.98. The zero-order chi connectivity index (χ0) is 20.3. The molecule has 146 valence electrons. The molecule has 3 aromatic rings. The van der Waals surface area contributed by atoms with Crippen molar-refractivity contribution in [1.82, 2.24) is 0 Å². The van der Waals surface area contributed by atoms with Crippen molar-refractivity contribution in [2.75, 3.05) is 21.3 Å². The van der Waals surface area contributed by atoms with Crippen LogP contribution in [0.25, 0.3) is 10.1 Å². The fraction of sp³-hybridized carbons (Fsp3) is 0.200. The van der Waals surface area contributed by atoms with E-state index in [0.717, 1.165) is 11.3 Å². The van der Waals surface area contributed by atoms with Gasteiger partial charge in [-0.2, -0.15) is 0 Å². The number of halogens is 1. The lowest BCUT2D eigenvalue weighted by Crippen LogP contribution is -2.11. The number of methoxy groups -OCH3 is 3. The van der Waals surface area contributed by atoms with Crippen LogP contribution in [0.4, 0.5) is 4.39 Å². The maximum Gasteiger partial charge on any atom is 0.354 e. The summed E-state index contributed by atoms with van der Waals surface area (Å²) in [7, 11) is 4.12. The van der Waals surface area contributed by atoms with Crippen LogP contribution in [0.5, 0.6) is 11.5 Å². The molecular weight excluding hydrogens is 387 g/mol. The highest BCUT2D eigenvalue weighted by Gasteiger charge is 2.23. The fourth-order valence-electron chi connectivity index (χ4n) is 2.76. The Morgan fingerprint density at radius 3 is 2.50 bits per heavy atom. The molecule has 0 bridgehead atoms. The second-order valence-corrected chi connectivity index (χ2v) is 6.75. The smallest absolute Gasteiger partial charge is 0.354 e. The van der Waals surface area contributed by atoms with E-state index in [4.69, 9.17) is 14.2 Å². The summed E-state index contributed by atoms with van der Waals surface area (Å²) in [4.78, 5) is 24.7. The van der Waals surface area contributed by atoms with Crippen molar-refractivity contribution >= 4 is 33.4 Å². The highest BCUT2D eigenvalue weighted by Crippen LogP contribution is 2.36. The normalized spacial score (nSPS) is 10.7. The van der Waals surface area contributed by atoms with Crippen molar-refractivity contribution < 1.29 is 32.9 Å². The summed E-state index contributed by atoms with van der Waals surface area (Å²) in [5.74, 6) is -1.33. The van der Waals surface area contributed by atoms with E-state index in [1.165, 1.54) is 45.6 Å². The zero-order valence-corrected chi connectivity index (χ0v) is 16.2. The Morgan fingerprint density at radius 1 is 1.04 bits per heavy atom. The van der Waals surface area contributed by atoms with E-state index in [-0.39, 0.29) is 28.5 Å². The highest BCUT2D eigenvalue weighted by atomic mass is 32.1. The molecule has 1 aromatic heterocycles. The third kappa shape index (κ3) is 3.69. The Hall–Kier alpha value is -2.97. The molecule has 0 aliphatic heterocycles. The number of rotatable bonds is 6. The van der Waals surface area contributed by atoms with Gasteiger partial charge in [-0.15, -0.1) is 11.3 Å². The number of ether oxygens (including phenoxy) is 4. The van der Waals surface area contributed by atoms with Crippen LogP contribution < -0.4 is 9.47 Å². The summed E-state index contributed by atoms with van der Waals surface area (Å²) in [5.41, 5.74) is 0.680. The lowest BCUT2D eigenvalue weighted by molar-refractivity contribution is 0.0600. The maximum atomic E-state index is 14.3. The van der Waals surface area contributed by atoms with Crippen molar-refractivity contribution in [2.24, 2.45) is 0 Å². The number of benzene rings is 2. The third-order valence-electron chi connectivity index (χ3n) is 4.02.